The van der Waals surface area contributed by atoms with Gasteiger partial charge in [0, 0.05) is 37.5 Å². The van der Waals surface area contributed by atoms with Crippen molar-refractivity contribution in [1.29, 1.82) is 0 Å². The van der Waals surface area contributed by atoms with E-state index < -0.39 is 0 Å². The number of rotatable bonds is 4. The van der Waals surface area contributed by atoms with Crippen LogP contribution in [0.1, 0.15) is 16.1 Å². The van der Waals surface area contributed by atoms with E-state index in [1.807, 2.05) is 18.2 Å². The second kappa shape index (κ2) is 6.39. The lowest BCUT2D eigenvalue weighted by molar-refractivity contribution is 0.0796. The number of pyridine rings is 1. The molecule has 5 heteroatoms. The van der Waals surface area contributed by atoms with Crippen molar-refractivity contribution in [2.24, 2.45) is 0 Å². The number of nitrogens with two attached hydrogens (primary N) is 1. The molecule has 1 aromatic carbocycles. The Morgan fingerprint density at radius 1 is 1.35 bits per heavy atom. The molecule has 0 aliphatic carbocycles. The van der Waals surface area contributed by atoms with Crippen molar-refractivity contribution >= 4 is 23.2 Å². The van der Waals surface area contributed by atoms with Gasteiger partial charge in [-0.1, -0.05) is 17.7 Å². The van der Waals surface area contributed by atoms with Crippen LogP contribution in [0.15, 0.2) is 42.6 Å². The average molecular weight is 290 g/mol. The summed E-state index contributed by atoms with van der Waals surface area (Å²) >= 11 is 5.93. The first-order valence-corrected chi connectivity index (χ1v) is 6.66. The lowest BCUT2D eigenvalue weighted by atomic mass is 10.1. The molecule has 0 fully saturated rings. The van der Waals surface area contributed by atoms with Gasteiger partial charge in [-0.3, -0.25) is 9.78 Å². The van der Waals surface area contributed by atoms with E-state index in [2.05, 4.69) is 4.98 Å². The Labute approximate surface area is 123 Å². The third-order valence-electron chi connectivity index (χ3n) is 3.02. The number of aromatic nitrogens is 1. The van der Waals surface area contributed by atoms with Crippen molar-refractivity contribution in [3.05, 3.63) is 58.9 Å². The van der Waals surface area contributed by atoms with Crippen molar-refractivity contribution in [2.75, 3.05) is 19.3 Å². The Balaban J connectivity index is 1.99. The normalized spacial score (nSPS) is 10.3. The van der Waals surface area contributed by atoms with Gasteiger partial charge in [-0.2, -0.15) is 0 Å². The lowest BCUT2D eigenvalue weighted by Crippen LogP contribution is -2.29. The molecule has 2 aromatic rings. The van der Waals surface area contributed by atoms with Crippen molar-refractivity contribution < 1.29 is 4.79 Å². The van der Waals surface area contributed by atoms with Crippen molar-refractivity contribution in [3.63, 3.8) is 0 Å². The van der Waals surface area contributed by atoms with Gasteiger partial charge in [-0.05, 0) is 30.3 Å². The standard InChI is InChI=1S/C15H16ClN3O/c1-19(9-7-12-4-2-3-8-18-12)15(20)11-5-6-14(17)13(16)10-11/h2-6,8,10H,7,9,17H2,1H3. The number of halogens is 1. The maximum atomic E-state index is 12.2. The van der Waals surface area contributed by atoms with E-state index in [1.54, 1.807) is 36.3 Å². The molecule has 1 aromatic heterocycles. The molecule has 2 rings (SSSR count). The van der Waals surface area contributed by atoms with Gasteiger partial charge < -0.3 is 10.6 Å². The number of anilines is 1. The number of carbonyl (C=O) groups is 1. The van der Waals surface area contributed by atoms with E-state index in [4.69, 9.17) is 17.3 Å². The zero-order chi connectivity index (χ0) is 14.5. The van der Waals surface area contributed by atoms with E-state index >= 15 is 0 Å². The highest BCUT2D eigenvalue weighted by molar-refractivity contribution is 6.33. The molecule has 0 radical (unpaired) electrons. The maximum absolute atomic E-state index is 12.2. The molecule has 1 heterocycles. The van der Waals surface area contributed by atoms with Gasteiger partial charge in [0.15, 0.2) is 0 Å². The van der Waals surface area contributed by atoms with E-state index in [1.165, 1.54) is 0 Å². The van der Waals surface area contributed by atoms with Crippen LogP contribution in [0.25, 0.3) is 0 Å². The van der Waals surface area contributed by atoms with Crippen molar-refractivity contribution in [1.82, 2.24) is 9.88 Å². The number of amides is 1. The number of carbonyl (C=O) groups excluding carboxylic acids is 1. The monoisotopic (exact) mass is 289 g/mol. The van der Waals surface area contributed by atoms with Crippen LogP contribution in [0, 0.1) is 0 Å². The molecule has 0 bridgehead atoms. The van der Waals surface area contributed by atoms with Gasteiger partial charge >= 0.3 is 0 Å². The molecule has 20 heavy (non-hydrogen) atoms. The summed E-state index contributed by atoms with van der Waals surface area (Å²) in [5.74, 6) is -0.0807. The Hall–Kier alpha value is -2.07. The molecule has 0 unspecified atom stereocenters. The summed E-state index contributed by atoms with van der Waals surface area (Å²) in [6.07, 6.45) is 2.46. The SMILES string of the molecule is CN(CCc1ccccn1)C(=O)c1ccc(N)c(Cl)c1. The minimum absolute atomic E-state index is 0.0807. The highest BCUT2D eigenvalue weighted by Gasteiger charge is 2.12. The molecule has 4 nitrogen and oxygen atoms in total. The van der Waals surface area contributed by atoms with Crippen LogP contribution >= 0.6 is 11.6 Å². The summed E-state index contributed by atoms with van der Waals surface area (Å²) in [6.45, 7) is 0.595. The largest absolute Gasteiger partial charge is 0.398 e. The van der Waals surface area contributed by atoms with Gasteiger partial charge in [0.05, 0.1) is 10.7 Å². The fourth-order valence-corrected chi connectivity index (χ4v) is 1.99. The predicted molar refractivity (Wildman–Crippen MR) is 80.8 cm³/mol. The van der Waals surface area contributed by atoms with E-state index in [-0.39, 0.29) is 5.91 Å². The predicted octanol–water partition coefficient (Wildman–Crippen LogP) is 2.63. The Morgan fingerprint density at radius 3 is 2.80 bits per heavy atom. The molecule has 0 aliphatic rings. The number of hydrogen-bond donors (Lipinski definition) is 1. The second-order valence-corrected chi connectivity index (χ2v) is 4.94. The molecule has 0 aliphatic heterocycles. The number of nitrogens with zero attached hydrogens (tertiary/aromatic N) is 2. The van der Waals surface area contributed by atoms with Crippen LogP contribution in [0.2, 0.25) is 5.02 Å². The van der Waals surface area contributed by atoms with Gasteiger partial charge in [0.1, 0.15) is 0 Å². The fraction of sp³-hybridized carbons (Fsp3) is 0.200. The summed E-state index contributed by atoms with van der Waals surface area (Å²) in [5, 5.41) is 0.397. The zero-order valence-electron chi connectivity index (χ0n) is 11.2. The highest BCUT2D eigenvalue weighted by Crippen LogP contribution is 2.20. The fourth-order valence-electron chi connectivity index (χ4n) is 1.81. The Morgan fingerprint density at radius 2 is 2.15 bits per heavy atom. The maximum Gasteiger partial charge on any atom is 0.253 e. The zero-order valence-corrected chi connectivity index (χ0v) is 12.0. The van der Waals surface area contributed by atoms with Gasteiger partial charge in [-0.15, -0.1) is 0 Å². The minimum Gasteiger partial charge on any atom is -0.398 e. The number of hydrogen-bond acceptors (Lipinski definition) is 3. The summed E-state index contributed by atoms with van der Waals surface area (Å²) in [4.78, 5) is 18.1. The first-order chi connectivity index (χ1) is 9.58. The molecule has 0 saturated heterocycles. The van der Waals surface area contributed by atoms with E-state index in [9.17, 15) is 4.79 Å². The van der Waals surface area contributed by atoms with E-state index in [0.717, 1.165) is 5.69 Å². The number of likely N-dealkylation sites (N-methyl/N-ethyl adjacent to an activating group) is 1. The molecule has 104 valence electrons. The quantitative estimate of drug-likeness (QED) is 0.880. The first kappa shape index (κ1) is 14.3. The smallest absolute Gasteiger partial charge is 0.253 e. The Bertz CT molecular complexity index is 601. The molecular formula is C15H16ClN3O. The lowest BCUT2D eigenvalue weighted by Gasteiger charge is -2.17. The average Bonchev–Trinajstić information content (AvgIpc) is 2.48. The van der Waals surface area contributed by atoms with Crippen LogP contribution in [-0.2, 0) is 6.42 Å². The third kappa shape index (κ3) is 3.48. The number of benzene rings is 1. The molecule has 0 spiro atoms. The van der Waals surface area contributed by atoms with Gasteiger partial charge in [0.2, 0.25) is 0 Å². The summed E-state index contributed by atoms with van der Waals surface area (Å²) < 4.78 is 0. The van der Waals surface area contributed by atoms with Crippen molar-refractivity contribution in [3.8, 4) is 0 Å². The van der Waals surface area contributed by atoms with E-state index in [0.29, 0.717) is 29.2 Å². The van der Waals surface area contributed by atoms with Crippen LogP contribution in [0.3, 0.4) is 0 Å². The van der Waals surface area contributed by atoms with Crippen LogP contribution in [0.4, 0.5) is 5.69 Å². The summed E-state index contributed by atoms with van der Waals surface area (Å²) in [6, 6.07) is 10.7. The Kier molecular flexibility index (Phi) is 4.58. The van der Waals surface area contributed by atoms with Crippen LogP contribution < -0.4 is 5.73 Å². The highest BCUT2D eigenvalue weighted by atomic mass is 35.5. The second-order valence-electron chi connectivity index (χ2n) is 4.53. The summed E-state index contributed by atoms with van der Waals surface area (Å²) in [7, 11) is 1.76. The molecule has 1 amide bonds. The van der Waals surface area contributed by atoms with Crippen LogP contribution in [-0.4, -0.2) is 29.4 Å². The first-order valence-electron chi connectivity index (χ1n) is 6.28. The van der Waals surface area contributed by atoms with Gasteiger partial charge in [-0.25, -0.2) is 0 Å². The number of nitrogen functional groups attached to an aromatic ring is 1. The molecule has 0 saturated carbocycles. The summed E-state index contributed by atoms with van der Waals surface area (Å²) in [5.41, 5.74) is 7.60. The van der Waals surface area contributed by atoms with Crippen molar-refractivity contribution in [2.45, 2.75) is 6.42 Å². The molecular weight excluding hydrogens is 274 g/mol. The third-order valence-corrected chi connectivity index (χ3v) is 3.35. The molecule has 0 atom stereocenters. The molecule has 2 N–H and O–H groups in total. The van der Waals surface area contributed by atoms with Gasteiger partial charge in [0.25, 0.3) is 5.91 Å². The topological polar surface area (TPSA) is 59.2 Å². The van der Waals surface area contributed by atoms with Crippen LogP contribution in [0.5, 0.6) is 0 Å². The minimum atomic E-state index is -0.0807.